The van der Waals surface area contributed by atoms with Gasteiger partial charge in [0, 0.05) is 41.7 Å². The monoisotopic (exact) mass is 498 g/mol. The van der Waals surface area contributed by atoms with Crippen LogP contribution in [0.15, 0.2) is 23.1 Å². The van der Waals surface area contributed by atoms with Crippen molar-refractivity contribution in [2.75, 3.05) is 12.9 Å². The Morgan fingerprint density at radius 3 is 2.81 bits per heavy atom. The first-order valence-electron chi connectivity index (χ1n) is 8.27. The number of carbonyl (C=O) groups excluding carboxylic acids is 1. The average Bonchev–Trinajstić information content (AvgIpc) is 2.58. The van der Waals surface area contributed by atoms with E-state index in [0.717, 1.165) is 22.7 Å². The van der Waals surface area contributed by atoms with Crippen LogP contribution in [0.4, 0.5) is 0 Å². The van der Waals surface area contributed by atoms with Crippen LogP contribution < -0.4 is 11.0 Å². The lowest BCUT2D eigenvalue weighted by Gasteiger charge is -2.28. The van der Waals surface area contributed by atoms with Gasteiger partial charge >= 0.3 is 0 Å². The molecule has 2 unspecified atom stereocenters. The summed E-state index contributed by atoms with van der Waals surface area (Å²) in [6.07, 6.45) is 4.42. The van der Waals surface area contributed by atoms with Crippen LogP contribution in [0.2, 0.25) is 0 Å². The summed E-state index contributed by atoms with van der Waals surface area (Å²) in [6, 6.07) is 3.19. The van der Waals surface area contributed by atoms with Crippen LogP contribution in [0, 0.1) is 3.57 Å². The maximum atomic E-state index is 12.6. The lowest BCUT2D eigenvalue weighted by molar-refractivity contribution is -0.201. The van der Waals surface area contributed by atoms with E-state index in [9.17, 15) is 18.0 Å². The predicted octanol–water partition coefficient (Wildman–Crippen LogP) is 1.22. The van der Waals surface area contributed by atoms with Crippen molar-refractivity contribution in [3.63, 3.8) is 0 Å². The van der Waals surface area contributed by atoms with Gasteiger partial charge in [0.05, 0.1) is 0 Å². The summed E-state index contributed by atoms with van der Waals surface area (Å²) in [5, 5.41) is 0. The van der Waals surface area contributed by atoms with E-state index in [1.165, 1.54) is 17.6 Å². The third-order valence-corrected chi connectivity index (χ3v) is 7.20. The van der Waals surface area contributed by atoms with E-state index in [1.807, 2.05) is 22.6 Å². The largest absolute Gasteiger partial charge is 0.350 e. The number of pyridine rings is 1. The molecule has 0 bridgehead atoms. The maximum Gasteiger partial charge on any atom is 0.264 e. The van der Waals surface area contributed by atoms with Crippen molar-refractivity contribution >= 4 is 38.3 Å². The molecule has 1 aromatic heterocycles. The predicted molar refractivity (Wildman–Crippen MR) is 104 cm³/mol. The summed E-state index contributed by atoms with van der Waals surface area (Å²) in [5.74, 6) is -0.771. The number of nitrogens with zero attached hydrogens (tertiary/aromatic N) is 1. The van der Waals surface area contributed by atoms with Gasteiger partial charge in [-0.15, -0.1) is 0 Å². The Balaban J connectivity index is 2.08. The molecule has 1 aromatic rings. The van der Waals surface area contributed by atoms with Crippen molar-refractivity contribution < 1.29 is 22.8 Å². The van der Waals surface area contributed by atoms with Gasteiger partial charge in [-0.25, -0.2) is 18.7 Å². The molecule has 1 aliphatic rings. The zero-order valence-corrected chi connectivity index (χ0v) is 17.7. The lowest BCUT2D eigenvalue weighted by Crippen LogP contribution is -2.51. The number of ether oxygens (including phenoxy) is 1. The molecule has 26 heavy (non-hydrogen) atoms. The van der Waals surface area contributed by atoms with Crippen molar-refractivity contribution in [1.82, 2.24) is 10.0 Å². The number of aromatic nitrogens is 1. The highest BCUT2D eigenvalue weighted by atomic mass is 127. The van der Waals surface area contributed by atoms with Gasteiger partial charge in [0.1, 0.15) is 0 Å². The van der Waals surface area contributed by atoms with Crippen LogP contribution in [0.25, 0.3) is 0 Å². The van der Waals surface area contributed by atoms with Gasteiger partial charge in [-0.05, 0) is 54.8 Å². The van der Waals surface area contributed by atoms with E-state index in [0.29, 0.717) is 13.0 Å². The molecule has 0 radical (unpaired) electrons. The standard InChI is InChI=1S/C16H23IN2O6S/c1-16(26(2,22)23,7-9-19-8-6-12(17)11-13(19)20)15(21)18-25-14-5-3-4-10-24-14/h6,8,11,14H,3-5,7,9-10H2,1-2H3,(H,18,21). The van der Waals surface area contributed by atoms with Crippen molar-refractivity contribution in [2.45, 2.75) is 50.2 Å². The zero-order chi connectivity index (χ0) is 19.4. The molecule has 0 saturated carbocycles. The summed E-state index contributed by atoms with van der Waals surface area (Å²) in [7, 11) is -3.76. The minimum atomic E-state index is -3.76. The molecule has 1 aliphatic heterocycles. The molecule has 2 rings (SSSR count). The molecule has 146 valence electrons. The Kier molecular flexibility index (Phi) is 7.22. The summed E-state index contributed by atoms with van der Waals surface area (Å²) in [5.41, 5.74) is 1.98. The number of hydrogen-bond acceptors (Lipinski definition) is 6. The quantitative estimate of drug-likeness (QED) is 0.448. The van der Waals surface area contributed by atoms with Gasteiger partial charge < -0.3 is 9.30 Å². The number of halogens is 1. The Bertz CT molecular complexity index is 803. The highest BCUT2D eigenvalue weighted by Gasteiger charge is 2.43. The van der Waals surface area contributed by atoms with Gasteiger partial charge in [0.15, 0.2) is 20.9 Å². The Morgan fingerprint density at radius 1 is 1.50 bits per heavy atom. The summed E-state index contributed by atoms with van der Waals surface area (Å²) < 4.78 is 30.3. The van der Waals surface area contributed by atoms with Crippen molar-refractivity contribution in [1.29, 1.82) is 0 Å². The summed E-state index contributed by atoms with van der Waals surface area (Å²) in [4.78, 5) is 29.8. The van der Waals surface area contributed by atoms with Gasteiger partial charge in [0.25, 0.3) is 11.5 Å². The molecule has 8 nitrogen and oxygen atoms in total. The number of amides is 1. The Morgan fingerprint density at radius 2 is 2.23 bits per heavy atom. The highest BCUT2D eigenvalue weighted by molar-refractivity contribution is 14.1. The molecule has 0 aromatic carbocycles. The first-order chi connectivity index (χ1) is 12.1. The minimum absolute atomic E-state index is 0.0625. The second-order valence-electron chi connectivity index (χ2n) is 6.47. The zero-order valence-electron chi connectivity index (χ0n) is 14.7. The van der Waals surface area contributed by atoms with Crippen LogP contribution >= 0.6 is 22.6 Å². The second-order valence-corrected chi connectivity index (χ2v) is 10.2. The van der Waals surface area contributed by atoms with E-state index in [2.05, 4.69) is 5.48 Å². The average molecular weight is 498 g/mol. The van der Waals surface area contributed by atoms with Crippen molar-refractivity contribution in [3.05, 3.63) is 32.3 Å². The van der Waals surface area contributed by atoms with Crippen LogP contribution in [0.3, 0.4) is 0 Å². The lowest BCUT2D eigenvalue weighted by atomic mass is 10.1. The highest BCUT2D eigenvalue weighted by Crippen LogP contribution is 2.23. The number of hydroxylamine groups is 1. The van der Waals surface area contributed by atoms with Crippen LogP contribution in [0.1, 0.15) is 32.6 Å². The number of aryl methyl sites for hydroxylation is 1. The Labute approximate surface area is 166 Å². The smallest absolute Gasteiger partial charge is 0.264 e. The van der Waals surface area contributed by atoms with Gasteiger partial charge in [-0.2, -0.15) is 0 Å². The third-order valence-electron chi connectivity index (χ3n) is 4.51. The number of sulfone groups is 1. The molecule has 1 fully saturated rings. The van der Waals surface area contributed by atoms with Gasteiger partial charge in [0.2, 0.25) is 0 Å². The SMILES string of the molecule is CC(CCn1ccc(I)cc1=O)(C(=O)NOC1CCCCO1)S(C)(=O)=O. The fourth-order valence-corrected chi connectivity index (χ4v) is 3.77. The second kappa shape index (κ2) is 8.81. The fraction of sp³-hybridized carbons (Fsp3) is 0.625. The number of hydrogen-bond donors (Lipinski definition) is 1. The van der Waals surface area contributed by atoms with E-state index in [1.54, 1.807) is 12.3 Å². The van der Waals surface area contributed by atoms with Crippen molar-refractivity contribution in [2.24, 2.45) is 0 Å². The molecule has 10 heteroatoms. The maximum absolute atomic E-state index is 12.6. The van der Waals surface area contributed by atoms with Gasteiger partial charge in [-0.3, -0.25) is 9.59 Å². The number of rotatable bonds is 7. The van der Waals surface area contributed by atoms with Crippen LogP contribution in [0.5, 0.6) is 0 Å². The van der Waals surface area contributed by atoms with Crippen LogP contribution in [-0.4, -0.2) is 42.8 Å². The number of nitrogens with one attached hydrogen (secondary N) is 1. The van der Waals surface area contributed by atoms with E-state index in [4.69, 9.17) is 9.57 Å². The van der Waals surface area contributed by atoms with Crippen molar-refractivity contribution in [3.8, 4) is 0 Å². The summed E-state index contributed by atoms with van der Waals surface area (Å²) >= 11 is 2.02. The Hall–Kier alpha value is -0.980. The molecular formula is C16H23IN2O6S. The molecule has 0 spiro atoms. The topological polar surface area (TPSA) is 104 Å². The first kappa shape index (κ1) is 21.3. The summed E-state index contributed by atoms with van der Waals surface area (Å²) in [6.45, 7) is 1.97. The normalized spacial score (nSPS) is 20.3. The minimum Gasteiger partial charge on any atom is -0.350 e. The molecule has 0 aliphatic carbocycles. The molecule has 1 amide bonds. The van der Waals surface area contributed by atoms with Crippen LogP contribution in [-0.2, 0) is 30.8 Å². The van der Waals surface area contributed by atoms with E-state index < -0.39 is 26.8 Å². The first-order valence-corrected chi connectivity index (χ1v) is 11.2. The molecular weight excluding hydrogens is 475 g/mol. The number of carbonyl (C=O) groups is 1. The molecule has 2 heterocycles. The van der Waals surface area contributed by atoms with Gasteiger partial charge in [-0.1, -0.05) is 0 Å². The third kappa shape index (κ3) is 5.27. The molecule has 2 atom stereocenters. The fourth-order valence-electron chi connectivity index (χ4n) is 2.50. The molecule has 1 N–H and O–H groups in total. The van der Waals surface area contributed by atoms with E-state index in [-0.39, 0.29) is 18.5 Å². The van der Waals surface area contributed by atoms with E-state index >= 15 is 0 Å². The molecule has 1 saturated heterocycles.